The lowest BCUT2D eigenvalue weighted by Gasteiger charge is -2.43. The average Bonchev–Trinajstić information content (AvgIpc) is 3.57. The van der Waals surface area contributed by atoms with E-state index in [1.807, 2.05) is 6.92 Å². The predicted molar refractivity (Wildman–Crippen MR) is 145 cm³/mol. The number of rotatable bonds is 9. The van der Waals surface area contributed by atoms with E-state index in [4.69, 9.17) is 4.74 Å². The first kappa shape index (κ1) is 27.6. The molecule has 37 heavy (non-hydrogen) atoms. The number of hydrogen-bond donors (Lipinski definition) is 2. The van der Waals surface area contributed by atoms with Crippen LogP contribution in [0.15, 0.2) is 17.0 Å². The monoisotopic (exact) mass is 530 g/mol. The first-order valence-corrected chi connectivity index (χ1v) is 14.9. The fraction of sp³-hybridized carbons (Fsp3) is 0.643. The van der Waals surface area contributed by atoms with Crippen molar-refractivity contribution in [1.29, 1.82) is 0 Å². The molecule has 2 N–H and O–H groups in total. The SMILES string of the molecule is COc1cc(C)c(S(=O)(=O)Cc2c(C)nn(CC(=O)NC3CCC(NC4CC4)CC3(C)C)c2C)c(C)c1. The number of amides is 1. The van der Waals surface area contributed by atoms with Crippen molar-refractivity contribution in [3.63, 3.8) is 0 Å². The third kappa shape index (κ3) is 6.20. The summed E-state index contributed by atoms with van der Waals surface area (Å²) in [5.74, 6) is 0.384. The molecule has 2 unspecified atom stereocenters. The van der Waals surface area contributed by atoms with E-state index in [1.54, 1.807) is 44.7 Å². The fourth-order valence-corrected chi connectivity index (χ4v) is 7.93. The molecule has 2 aliphatic rings. The van der Waals surface area contributed by atoms with E-state index in [1.165, 1.54) is 12.8 Å². The number of sulfone groups is 1. The van der Waals surface area contributed by atoms with E-state index in [-0.39, 0.29) is 29.7 Å². The van der Waals surface area contributed by atoms with Crippen LogP contribution in [0.5, 0.6) is 5.75 Å². The second-order valence-electron chi connectivity index (χ2n) is 11.7. The van der Waals surface area contributed by atoms with Gasteiger partial charge in [0.15, 0.2) is 9.84 Å². The van der Waals surface area contributed by atoms with Gasteiger partial charge in [-0.05, 0) is 88.5 Å². The Hall–Kier alpha value is -2.39. The Labute approximate surface area is 221 Å². The quantitative estimate of drug-likeness (QED) is 0.510. The number of nitrogens with one attached hydrogen (secondary N) is 2. The number of carbonyl (C=O) groups is 1. The summed E-state index contributed by atoms with van der Waals surface area (Å²) < 4.78 is 33.8. The Balaban J connectivity index is 1.44. The number of aromatic nitrogens is 2. The van der Waals surface area contributed by atoms with Gasteiger partial charge >= 0.3 is 0 Å². The molecular formula is C28H42N4O4S. The molecule has 4 rings (SSSR count). The van der Waals surface area contributed by atoms with E-state index < -0.39 is 9.84 Å². The Morgan fingerprint density at radius 2 is 1.70 bits per heavy atom. The van der Waals surface area contributed by atoms with E-state index in [9.17, 15) is 13.2 Å². The number of aryl methyl sites for hydroxylation is 3. The molecule has 0 aliphatic heterocycles. The standard InChI is InChI=1S/C28H42N4O4S/c1-17-12-23(36-7)13-18(2)27(17)37(34,35)16-24-19(3)31-32(20(24)4)15-26(33)30-25-11-10-22(14-28(25,5)6)29-21-8-9-21/h12-13,21-22,25,29H,8-11,14-16H2,1-7H3,(H,30,33). The lowest BCUT2D eigenvalue weighted by Crippen LogP contribution is -2.53. The van der Waals surface area contributed by atoms with Gasteiger partial charge in [0.05, 0.1) is 23.5 Å². The molecule has 2 atom stereocenters. The zero-order chi connectivity index (χ0) is 27.1. The molecule has 1 amide bonds. The van der Waals surface area contributed by atoms with Crippen LogP contribution in [0.2, 0.25) is 0 Å². The van der Waals surface area contributed by atoms with E-state index in [2.05, 4.69) is 29.6 Å². The molecule has 0 radical (unpaired) electrons. The Morgan fingerprint density at radius 3 is 2.27 bits per heavy atom. The highest BCUT2D eigenvalue weighted by molar-refractivity contribution is 7.90. The average molecular weight is 531 g/mol. The van der Waals surface area contributed by atoms with E-state index in [0.717, 1.165) is 19.3 Å². The maximum atomic E-state index is 13.4. The molecule has 1 aromatic heterocycles. The van der Waals surface area contributed by atoms with Gasteiger partial charge in [-0.1, -0.05) is 13.8 Å². The van der Waals surface area contributed by atoms with Crippen LogP contribution in [0, 0.1) is 33.1 Å². The van der Waals surface area contributed by atoms with Gasteiger partial charge in [0.25, 0.3) is 0 Å². The van der Waals surface area contributed by atoms with Gasteiger partial charge in [-0.15, -0.1) is 0 Å². The number of benzene rings is 1. The Kier molecular flexibility index (Phi) is 7.77. The summed E-state index contributed by atoms with van der Waals surface area (Å²) in [6, 6.07) is 4.80. The van der Waals surface area contributed by atoms with E-state index >= 15 is 0 Å². The van der Waals surface area contributed by atoms with Crippen LogP contribution in [-0.2, 0) is 26.9 Å². The summed E-state index contributed by atoms with van der Waals surface area (Å²) in [6.07, 6.45) is 5.62. The highest BCUT2D eigenvalue weighted by Gasteiger charge is 2.39. The third-order valence-corrected chi connectivity index (χ3v) is 9.98. The molecular weight excluding hydrogens is 488 g/mol. The van der Waals surface area contributed by atoms with Crippen LogP contribution >= 0.6 is 0 Å². The molecule has 2 saturated carbocycles. The van der Waals surface area contributed by atoms with Crippen LogP contribution in [0.1, 0.15) is 74.0 Å². The zero-order valence-corrected chi connectivity index (χ0v) is 24.1. The van der Waals surface area contributed by atoms with Crippen LogP contribution < -0.4 is 15.4 Å². The number of methoxy groups -OCH3 is 1. The summed E-state index contributed by atoms with van der Waals surface area (Å²) in [5, 5.41) is 11.5. The van der Waals surface area contributed by atoms with Crippen molar-refractivity contribution in [3.05, 3.63) is 40.2 Å². The zero-order valence-electron chi connectivity index (χ0n) is 23.3. The number of ether oxygens (including phenoxy) is 1. The van der Waals surface area contributed by atoms with Gasteiger partial charge < -0.3 is 15.4 Å². The normalized spacial score (nSPS) is 21.6. The fourth-order valence-electron chi connectivity index (χ4n) is 5.89. The highest BCUT2D eigenvalue weighted by atomic mass is 32.2. The molecule has 204 valence electrons. The molecule has 0 bridgehead atoms. The lowest BCUT2D eigenvalue weighted by atomic mass is 9.71. The molecule has 2 aliphatic carbocycles. The van der Waals surface area contributed by atoms with Gasteiger partial charge in [-0.3, -0.25) is 9.48 Å². The largest absolute Gasteiger partial charge is 0.497 e. The third-order valence-electron chi connectivity index (χ3n) is 8.04. The van der Waals surface area contributed by atoms with Gasteiger partial charge in [0, 0.05) is 29.4 Å². The van der Waals surface area contributed by atoms with Crippen molar-refractivity contribution in [1.82, 2.24) is 20.4 Å². The minimum atomic E-state index is -3.62. The Morgan fingerprint density at radius 1 is 1.08 bits per heavy atom. The van der Waals surface area contributed by atoms with Crippen molar-refractivity contribution in [2.75, 3.05) is 7.11 Å². The predicted octanol–water partition coefficient (Wildman–Crippen LogP) is 3.91. The summed E-state index contributed by atoms with van der Waals surface area (Å²) in [5.41, 5.74) is 3.30. The summed E-state index contributed by atoms with van der Waals surface area (Å²) >= 11 is 0. The van der Waals surface area contributed by atoms with Gasteiger partial charge in [-0.25, -0.2) is 8.42 Å². The van der Waals surface area contributed by atoms with Gasteiger partial charge in [0.1, 0.15) is 12.3 Å². The summed E-state index contributed by atoms with van der Waals surface area (Å²) in [4.78, 5) is 13.4. The van der Waals surface area contributed by atoms with Crippen molar-refractivity contribution in [3.8, 4) is 5.75 Å². The van der Waals surface area contributed by atoms with Gasteiger partial charge in [-0.2, -0.15) is 5.10 Å². The molecule has 1 aromatic carbocycles. The first-order chi connectivity index (χ1) is 17.3. The maximum Gasteiger partial charge on any atom is 0.241 e. The topological polar surface area (TPSA) is 102 Å². The van der Waals surface area contributed by atoms with Crippen molar-refractivity contribution < 1.29 is 17.9 Å². The lowest BCUT2D eigenvalue weighted by molar-refractivity contribution is -0.123. The molecule has 0 spiro atoms. The van der Waals surface area contributed by atoms with Crippen LogP contribution in [-0.4, -0.2) is 49.3 Å². The second-order valence-corrected chi connectivity index (χ2v) is 13.6. The second kappa shape index (κ2) is 10.4. The molecule has 9 heteroatoms. The van der Waals surface area contributed by atoms with Crippen molar-refractivity contribution in [2.24, 2.45) is 5.41 Å². The van der Waals surface area contributed by atoms with Crippen molar-refractivity contribution in [2.45, 2.75) is 109 Å². The molecule has 2 fully saturated rings. The number of hydrogen-bond acceptors (Lipinski definition) is 6. The summed E-state index contributed by atoms with van der Waals surface area (Å²) in [6.45, 7) is 11.7. The van der Waals surface area contributed by atoms with Crippen LogP contribution in [0.3, 0.4) is 0 Å². The van der Waals surface area contributed by atoms with Crippen molar-refractivity contribution >= 4 is 15.7 Å². The minimum Gasteiger partial charge on any atom is -0.497 e. The highest BCUT2D eigenvalue weighted by Crippen LogP contribution is 2.37. The van der Waals surface area contributed by atoms with Crippen LogP contribution in [0.25, 0.3) is 0 Å². The Bertz CT molecular complexity index is 1250. The molecule has 1 heterocycles. The minimum absolute atomic E-state index is 0.00284. The van der Waals surface area contributed by atoms with E-state index in [0.29, 0.717) is 50.8 Å². The van der Waals surface area contributed by atoms with Gasteiger partial charge in [0.2, 0.25) is 5.91 Å². The molecule has 8 nitrogen and oxygen atoms in total. The molecule has 2 aromatic rings. The van der Waals surface area contributed by atoms with Crippen LogP contribution in [0.4, 0.5) is 0 Å². The summed E-state index contributed by atoms with van der Waals surface area (Å²) in [7, 11) is -2.06. The number of nitrogens with zero attached hydrogens (tertiary/aromatic N) is 2. The molecule has 0 saturated heterocycles. The smallest absolute Gasteiger partial charge is 0.241 e. The first-order valence-electron chi connectivity index (χ1n) is 13.3. The maximum absolute atomic E-state index is 13.4. The number of carbonyl (C=O) groups excluding carboxylic acids is 1.